The Morgan fingerprint density at radius 3 is 2.53 bits per heavy atom. The zero-order valence-electron chi connectivity index (χ0n) is 12.7. The number of nitrogens with one attached hydrogen (secondary N) is 1. The number of rotatable bonds is 8. The average Bonchev–Trinajstić information content (AvgIpc) is 2.42. The molecule has 3 heteroatoms. The summed E-state index contributed by atoms with van der Waals surface area (Å²) in [6.45, 7) is 14.3. The van der Waals surface area contributed by atoms with Crippen LogP contribution in [0.3, 0.4) is 0 Å². The summed E-state index contributed by atoms with van der Waals surface area (Å²) in [6.07, 6.45) is 4.96. The van der Waals surface area contributed by atoms with Gasteiger partial charge in [-0.3, -0.25) is 4.98 Å². The number of hydrogen-bond acceptors (Lipinski definition) is 3. The van der Waals surface area contributed by atoms with Crippen molar-refractivity contribution in [3.63, 3.8) is 0 Å². The van der Waals surface area contributed by atoms with Crippen LogP contribution in [0.1, 0.15) is 45.9 Å². The fourth-order valence-electron chi connectivity index (χ4n) is 2.23. The number of pyridine rings is 1. The van der Waals surface area contributed by atoms with Crippen LogP contribution in [-0.4, -0.2) is 24.1 Å². The van der Waals surface area contributed by atoms with Crippen molar-refractivity contribution in [2.45, 2.75) is 46.2 Å². The summed E-state index contributed by atoms with van der Waals surface area (Å²) in [4.78, 5) is 6.91. The van der Waals surface area contributed by atoms with Crippen LogP contribution in [0.4, 0.5) is 5.69 Å². The van der Waals surface area contributed by atoms with Crippen molar-refractivity contribution in [2.75, 3.05) is 18.0 Å². The van der Waals surface area contributed by atoms with Crippen LogP contribution in [0, 0.1) is 0 Å². The summed E-state index contributed by atoms with van der Waals surface area (Å²) < 4.78 is 0. The molecule has 1 atom stereocenters. The lowest BCUT2D eigenvalue weighted by atomic mass is 10.1. The van der Waals surface area contributed by atoms with Crippen molar-refractivity contribution >= 4 is 5.69 Å². The van der Waals surface area contributed by atoms with E-state index in [9.17, 15) is 0 Å². The molecule has 1 heterocycles. The molecular weight excluding hydrogens is 234 g/mol. The first-order valence-electron chi connectivity index (χ1n) is 7.20. The zero-order valence-corrected chi connectivity index (χ0v) is 12.7. The normalized spacial score (nSPS) is 12.5. The summed E-state index contributed by atoms with van der Waals surface area (Å²) >= 11 is 0. The van der Waals surface area contributed by atoms with Gasteiger partial charge in [-0.05, 0) is 38.9 Å². The van der Waals surface area contributed by atoms with E-state index >= 15 is 0 Å². The Labute approximate surface area is 117 Å². The van der Waals surface area contributed by atoms with E-state index in [-0.39, 0.29) is 0 Å². The van der Waals surface area contributed by atoms with Crippen LogP contribution >= 0.6 is 0 Å². The molecule has 0 amide bonds. The molecule has 3 nitrogen and oxygen atoms in total. The van der Waals surface area contributed by atoms with Crippen LogP contribution in [0.5, 0.6) is 0 Å². The molecule has 1 rings (SSSR count). The molecule has 0 spiro atoms. The van der Waals surface area contributed by atoms with Gasteiger partial charge in [-0.2, -0.15) is 0 Å². The molecule has 0 aliphatic heterocycles. The van der Waals surface area contributed by atoms with E-state index in [0.717, 1.165) is 30.9 Å². The minimum atomic E-state index is 0.353. The van der Waals surface area contributed by atoms with Crippen LogP contribution in [0.25, 0.3) is 0 Å². The lowest BCUT2D eigenvalue weighted by Crippen LogP contribution is -2.31. The molecule has 106 valence electrons. The van der Waals surface area contributed by atoms with Gasteiger partial charge < -0.3 is 10.2 Å². The highest BCUT2D eigenvalue weighted by molar-refractivity contribution is 5.46. The smallest absolute Gasteiger partial charge is 0.0574 e. The second-order valence-corrected chi connectivity index (χ2v) is 4.99. The van der Waals surface area contributed by atoms with Gasteiger partial charge in [0, 0.05) is 18.6 Å². The molecule has 19 heavy (non-hydrogen) atoms. The first kappa shape index (κ1) is 15.7. The summed E-state index contributed by atoms with van der Waals surface area (Å²) in [5.41, 5.74) is 2.28. The molecule has 0 radical (unpaired) electrons. The maximum atomic E-state index is 4.62. The molecule has 0 saturated heterocycles. The first-order valence-corrected chi connectivity index (χ1v) is 7.20. The molecular formula is C16H27N3. The van der Waals surface area contributed by atoms with Gasteiger partial charge in [0.05, 0.1) is 17.6 Å². The molecule has 0 aromatic carbocycles. The maximum absolute atomic E-state index is 4.62. The summed E-state index contributed by atoms with van der Waals surface area (Å²) in [5, 5.41) is 3.45. The number of nitrogens with zero attached hydrogens (tertiary/aromatic N) is 2. The molecule has 0 aliphatic carbocycles. The van der Waals surface area contributed by atoms with Gasteiger partial charge in [-0.1, -0.05) is 19.9 Å². The lowest BCUT2D eigenvalue weighted by Gasteiger charge is -2.27. The fourth-order valence-corrected chi connectivity index (χ4v) is 2.23. The van der Waals surface area contributed by atoms with Crippen LogP contribution in [0.2, 0.25) is 0 Å². The predicted molar refractivity (Wildman–Crippen MR) is 83.6 cm³/mol. The van der Waals surface area contributed by atoms with Crippen molar-refractivity contribution in [3.8, 4) is 0 Å². The molecule has 1 aromatic rings. The lowest BCUT2D eigenvalue weighted by molar-refractivity contribution is 0.524. The zero-order chi connectivity index (χ0) is 14.3. The molecule has 0 aliphatic rings. The second-order valence-electron chi connectivity index (χ2n) is 4.99. The topological polar surface area (TPSA) is 28.2 Å². The van der Waals surface area contributed by atoms with E-state index in [2.05, 4.69) is 61.6 Å². The van der Waals surface area contributed by atoms with Crippen LogP contribution in [-0.2, 0) is 0 Å². The Bertz CT molecular complexity index is 370. The van der Waals surface area contributed by atoms with Gasteiger partial charge in [-0.15, -0.1) is 6.58 Å². The third-order valence-electron chi connectivity index (χ3n) is 3.27. The van der Waals surface area contributed by atoms with Gasteiger partial charge in [0.2, 0.25) is 0 Å². The summed E-state index contributed by atoms with van der Waals surface area (Å²) in [6, 6.07) is 5.09. The van der Waals surface area contributed by atoms with Crippen molar-refractivity contribution in [3.05, 3.63) is 36.7 Å². The van der Waals surface area contributed by atoms with Crippen LogP contribution in [0.15, 0.2) is 31.0 Å². The molecule has 1 unspecified atom stereocenters. The predicted octanol–water partition coefficient (Wildman–Crippen LogP) is 3.54. The van der Waals surface area contributed by atoms with E-state index in [1.165, 1.54) is 0 Å². The molecule has 0 fully saturated rings. The van der Waals surface area contributed by atoms with Crippen molar-refractivity contribution in [1.29, 1.82) is 0 Å². The molecule has 0 bridgehead atoms. The quantitative estimate of drug-likeness (QED) is 0.725. The Morgan fingerprint density at radius 2 is 2.11 bits per heavy atom. The van der Waals surface area contributed by atoms with Gasteiger partial charge in [-0.25, -0.2) is 0 Å². The molecule has 1 aromatic heterocycles. The van der Waals surface area contributed by atoms with Crippen molar-refractivity contribution in [2.24, 2.45) is 0 Å². The number of anilines is 1. The summed E-state index contributed by atoms with van der Waals surface area (Å²) in [5.74, 6) is 0. The van der Waals surface area contributed by atoms with E-state index in [1.807, 2.05) is 12.3 Å². The Hall–Kier alpha value is -1.35. The van der Waals surface area contributed by atoms with Crippen molar-refractivity contribution in [1.82, 2.24) is 10.3 Å². The highest BCUT2D eigenvalue weighted by Gasteiger charge is 2.12. The fraction of sp³-hybridized carbons (Fsp3) is 0.562. The van der Waals surface area contributed by atoms with Gasteiger partial charge >= 0.3 is 0 Å². The Morgan fingerprint density at radius 1 is 1.37 bits per heavy atom. The van der Waals surface area contributed by atoms with E-state index < -0.39 is 0 Å². The van der Waals surface area contributed by atoms with Gasteiger partial charge in [0.25, 0.3) is 0 Å². The maximum Gasteiger partial charge on any atom is 0.0574 e. The van der Waals surface area contributed by atoms with E-state index in [1.54, 1.807) is 0 Å². The van der Waals surface area contributed by atoms with Crippen molar-refractivity contribution < 1.29 is 0 Å². The third-order valence-corrected chi connectivity index (χ3v) is 3.27. The number of hydrogen-bond donors (Lipinski definition) is 1. The second kappa shape index (κ2) is 7.95. The standard InChI is InChI=1S/C16H27N3/c1-6-11-19(13(4)5)14-9-10-16(18-12-14)15(7-2)17-8-3/h6,9-10,12-13,15,17H,1,7-8,11H2,2-5H3. The SMILES string of the molecule is C=CCN(c1ccc(C(CC)NCC)nc1)C(C)C. The Balaban J connectivity index is 2.87. The highest BCUT2D eigenvalue weighted by atomic mass is 15.2. The monoisotopic (exact) mass is 261 g/mol. The first-order chi connectivity index (χ1) is 9.13. The van der Waals surface area contributed by atoms with Crippen LogP contribution < -0.4 is 10.2 Å². The summed E-state index contributed by atoms with van der Waals surface area (Å²) in [7, 11) is 0. The molecule has 1 N–H and O–H groups in total. The third kappa shape index (κ3) is 4.35. The minimum absolute atomic E-state index is 0.353. The molecule has 0 saturated carbocycles. The number of aromatic nitrogens is 1. The average molecular weight is 261 g/mol. The van der Waals surface area contributed by atoms with Gasteiger partial charge in [0.1, 0.15) is 0 Å². The van der Waals surface area contributed by atoms with E-state index in [4.69, 9.17) is 0 Å². The Kier molecular flexibility index (Phi) is 6.57. The minimum Gasteiger partial charge on any atom is -0.364 e. The largest absolute Gasteiger partial charge is 0.364 e. The van der Waals surface area contributed by atoms with E-state index in [0.29, 0.717) is 12.1 Å². The van der Waals surface area contributed by atoms with Gasteiger partial charge in [0.15, 0.2) is 0 Å². The highest BCUT2D eigenvalue weighted by Crippen LogP contribution is 2.20.